The molecule has 2 nitrogen and oxygen atoms in total. The van der Waals surface area contributed by atoms with E-state index < -0.39 is 0 Å². The summed E-state index contributed by atoms with van der Waals surface area (Å²) in [6, 6.07) is 7.88. The Morgan fingerprint density at radius 1 is 1.09 bits per heavy atom. The zero-order chi connectivity index (χ0) is 16.2. The Labute approximate surface area is 147 Å². The molecule has 0 radical (unpaired) electrons. The van der Waals surface area contributed by atoms with Crippen LogP contribution in [-0.4, -0.2) is 17.4 Å². The van der Waals surface area contributed by atoms with Gasteiger partial charge in [0.1, 0.15) is 6.10 Å². The largest absolute Gasteiger partial charge is 0.463 e. The molecule has 0 saturated heterocycles. The second-order valence-corrected chi connectivity index (χ2v) is 6.87. The Morgan fingerprint density at radius 3 is 2.36 bits per heavy atom. The van der Waals surface area contributed by atoms with E-state index in [2.05, 4.69) is 15.9 Å². The minimum atomic E-state index is -0.180. The van der Waals surface area contributed by atoms with Crippen molar-refractivity contribution in [3.8, 4) is 0 Å². The van der Waals surface area contributed by atoms with E-state index in [0.717, 1.165) is 36.0 Å². The fourth-order valence-electron chi connectivity index (χ4n) is 2.47. The maximum Gasteiger partial charge on any atom is 0.302 e. The summed E-state index contributed by atoms with van der Waals surface area (Å²) in [6.45, 7) is 1.49. The molecule has 0 fully saturated rings. The molecule has 0 aliphatic heterocycles. The molecule has 0 aliphatic rings. The zero-order valence-electron chi connectivity index (χ0n) is 13.3. The van der Waals surface area contributed by atoms with Crippen molar-refractivity contribution in [2.75, 3.05) is 5.33 Å². The summed E-state index contributed by atoms with van der Waals surface area (Å²) in [6.07, 6.45) is 8.90. The first-order valence-corrected chi connectivity index (χ1v) is 9.59. The number of carbonyl (C=O) groups excluding carboxylic acids is 1. The number of carbonyl (C=O) groups is 1. The molecule has 0 saturated carbocycles. The van der Waals surface area contributed by atoms with Gasteiger partial charge in [-0.15, -0.1) is 0 Å². The van der Waals surface area contributed by atoms with E-state index >= 15 is 0 Å². The lowest BCUT2D eigenvalue weighted by Gasteiger charge is -2.17. The summed E-state index contributed by atoms with van der Waals surface area (Å²) in [5, 5.41) is 1.84. The Kier molecular flexibility index (Phi) is 10.6. The number of alkyl halides is 1. The van der Waals surface area contributed by atoms with Crippen LogP contribution in [0.4, 0.5) is 0 Å². The van der Waals surface area contributed by atoms with Crippen molar-refractivity contribution in [1.29, 1.82) is 0 Å². The molecule has 1 aromatic rings. The van der Waals surface area contributed by atoms with Crippen LogP contribution in [0.25, 0.3) is 0 Å². The van der Waals surface area contributed by atoms with Gasteiger partial charge in [0, 0.05) is 17.3 Å². The van der Waals surface area contributed by atoms with E-state index in [0.29, 0.717) is 0 Å². The van der Waals surface area contributed by atoms with Crippen LogP contribution in [0.3, 0.4) is 0 Å². The van der Waals surface area contributed by atoms with Crippen molar-refractivity contribution in [2.45, 2.75) is 64.4 Å². The van der Waals surface area contributed by atoms with E-state index in [1.807, 2.05) is 24.3 Å². The minimum absolute atomic E-state index is 0.0318. The third-order valence-electron chi connectivity index (χ3n) is 3.66. The summed E-state index contributed by atoms with van der Waals surface area (Å²) in [7, 11) is 0. The summed E-state index contributed by atoms with van der Waals surface area (Å²) < 4.78 is 5.45. The van der Waals surface area contributed by atoms with Gasteiger partial charge < -0.3 is 4.74 Å². The lowest BCUT2D eigenvalue weighted by atomic mass is 10.0. The predicted octanol–water partition coefficient (Wildman–Crippen LogP) is 5.94. The molecule has 0 N–H and O–H groups in total. The maximum atomic E-state index is 11.2. The number of esters is 1. The summed E-state index contributed by atoms with van der Waals surface area (Å²) in [5.74, 6) is -0.180. The van der Waals surface area contributed by atoms with Crippen LogP contribution >= 0.6 is 27.5 Å². The lowest BCUT2D eigenvalue weighted by Crippen LogP contribution is -2.17. The van der Waals surface area contributed by atoms with Crippen LogP contribution in [0.15, 0.2) is 24.3 Å². The number of halogens is 2. The topological polar surface area (TPSA) is 26.3 Å². The lowest BCUT2D eigenvalue weighted by molar-refractivity contribution is -0.147. The quantitative estimate of drug-likeness (QED) is 0.266. The molecule has 0 aromatic heterocycles. The molecular formula is C18H26BrClO2. The number of hydrogen-bond acceptors (Lipinski definition) is 2. The number of unbranched alkanes of at least 4 members (excludes halogenated alkanes) is 4. The summed E-state index contributed by atoms with van der Waals surface area (Å²) >= 11 is 9.34. The first-order valence-electron chi connectivity index (χ1n) is 8.09. The monoisotopic (exact) mass is 388 g/mol. The third-order valence-corrected chi connectivity index (χ3v) is 4.47. The van der Waals surface area contributed by atoms with Crippen molar-refractivity contribution < 1.29 is 9.53 Å². The molecule has 4 heteroatoms. The van der Waals surface area contributed by atoms with Crippen LogP contribution in [0.5, 0.6) is 0 Å². The molecule has 22 heavy (non-hydrogen) atoms. The van der Waals surface area contributed by atoms with E-state index in [-0.39, 0.29) is 12.1 Å². The van der Waals surface area contributed by atoms with Gasteiger partial charge in [0.25, 0.3) is 0 Å². The standard InChI is InChI=1S/C18H26BrClO2/c1-15(21)22-18(7-5-3-2-4-6-14-19)13-10-16-8-11-17(20)12-9-16/h8-9,11-12,18H,2-7,10,13-14H2,1H3. The van der Waals surface area contributed by atoms with E-state index in [1.165, 1.54) is 38.2 Å². The van der Waals surface area contributed by atoms with Crippen LogP contribution in [-0.2, 0) is 16.0 Å². The Hall–Kier alpha value is -0.540. The molecule has 124 valence electrons. The number of ether oxygens (including phenoxy) is 1. The van der Waals surface area contributed by atoms with Crippen LogP contribution in [0, 0.1) is 0 Å². The number of aryl methyl sites for hydroxylation is 1. The SMILES string of the molecule is CC(=O)OC(CCCCCCCBr)CCc1ccc(Cl)cc1. The van der Waals surface area contributed by atoms with Crippen LogP contribution < -0.4 is 0 Å². The number of benzene rings is 1. The highest BCUT2D eigenvalue weighted by Crippen LogP contribution is 2.17. The van der Waals surface area contributed by atoms with Crippen molar-refractivity contribution in [2.24, 2.45) is 0 Å². The fraction of sp³-hybridized carbons (Fsp3) is 0.611. The average Bonchev–Trinajstić information content (AvgIpc) is 2.49. The Bertz CT molecular complexity index is 420. The van der Waals surface area contributed by atoms with Gasteiger partial charge in [0.15, 0.2) is 0 Å². The smallest absolute Gasteiger partial charge is 0.302 e. The first kappa shape index (κ1) is 19.5. The molecule has 0 amide bonds. The molecule has 1 rings (SSSR count). The first-order chi connectivity index (χ1) is 10.6. The molecule has 1 aromatic carbocycles. The second kappa shape index (κ2) is 12.0. The van der Waals surface area contributed by atoms with Gasteiger partial charge >= 0.3 is 5.97 Å². The van der Waals surface area contributed by atoms with Gasteiger partial charge in [-0.05, 0) is 49.8 Å². The highest BCUT2D eigenvalue weighted by molar-refractivity contribution is 9.09. The fourth-order valence-corrected chi connectivity index (χ4v) is 2.99. The van der Waals surface area contributed by atoms with Crippen molar-refractivity contribution in [1.82, 2.24) is 0 Å². The second-order valence-electron chi connectivity index (χ2n) is 5.64. The number of rotatable bonds is 11. The van der Waals surface area contributed by atoms with Gasteiger partial charge in [-0.3, -0.25) is 4.79 Å². The molecule has 0 heterocycles. The van der Waals surface area contributed by atoms with Crippen LogP contribution in [0.1, 0.15) is 57.4 Å². The minimum Gasteiger partial charge on any atom is -0.463 e. The molecule has 0 spiro atoms. The summed E-state index contributed by atoms with van der Waals surface area (Å²) in [5.41, 5.74) is 1.24. The number of hydrogen-bond donors (Lipinski definition) is 0. The van der Waals surface area contributed by atoms with Gasteiger partial charge in [-0.2, -0.15) is 0 Å². The third kappa shape index (κ3) is 9.47. The highest BCUT2D eigenvalue weighted by Gasteiger charge is 2.12. The normalized spacial score (nSPS) is 12.1. The molecule has 1 unspecified atom stereocenters. The molecular weight excluding hydrogens is 364 g/mol. The van der Waals surface area contributed by atoms with E-state index in [9.17, 15) is 4.79 Å². The highest BCUT2D eigenvalue weighted by atomic mass is 79.9. The Morgan fingerprint density at radius 2 is 1.73 bits per heavy atom. The van der Waals surface area contributed by atoms with E-state index in [4.69, 9.17) is 16.3 Å². The zero-order valence-corrected chi connectivity index (χ0v) is 15.7. The van der Waals surface area contributed by atoms with Crippen molar-refractivity contribution in [3.05, 3.63) is 34.9 Å². The maximum absolute atomic E-state index is 11.2. The van der Waals surface area contributed by atoms with Gasteiger partial charge in [-0.1, -0.05) is 58.9 Å². The summed E-state index contributed by atoms with van der Waals surface area (Å²) in [4.78, 5) is 11.2. The van der Waals surface area contributed by atoms with Crippen LogP contribution in [0.2, 0.25) is 5.02 Å². The van der Waals surface area contributed by atoms with Gasteiger partial charge in [0.05, 0.1) is 0 Å². The molecule has 1 atom stereocenters. The Balaban J connectivity index is 2.30. The van der Waals surface area contributed by atoms with E-state index in [1.54, 1.807) is 0 Å². The average molecular weight is 390 g/mol. The predicted molar refractivity (Wildman–Crippen MR) is 96.8 cm³/mol. The van der Waals surface area contributed by atoms with Crippen molar-refractivity contribution in [3.63, 3.8) is 0 Å². The van der Waals surface area contributed by atoms with Gasteiger partial charge in [-0.25, -0.2) is 0 Å². The molecule has 0 bridgehead atoms. The molecule has 0 aliphatic carbocycles. The van der Waals surface area contributed by atoms with Crippen molar-refractivity contribution >= 4 is 33.5 Å². The van der Waals surface area contributed by atoms with Gasteiger partial charge in [0.2, 0.25) is 0 Å².